The predicted octanol–water partition coefficient (Wildman–Crippen LogP) is 2.07. The molecule has 0 saturated heterocycles. The van der Waals surface area contributed by atoms with Crippen LogP contribution < -0.4 is 10.6 Å². The SMILES string of the molecule is CCCC(C)NC(C)(CCC)C(=O)NC. The highest BCUT2D eigenvalue weighted by Crippen LogP contribution is 2.14. The van der Waals surface area contributed by atoms with Gasteiger partial charge in [-0.1, -0.05) is 26.7 Å². The average Bonchev–Trinajstić information content (AvgIpc) is 2.17. The number of amides is 1. The largest absolute Gasteiger partial charge is 0.358 e. The quantitative estimate of drug-likeness (QED) is 0.681. The molecule has 1 amide bonds. The van der Waals surface area contributed by atoms with Crippen LogP contribution in [0.5, 0.6) is 0 Å². The molecule has 0 heterocycles. The van der Waals surface area contributed by atoms with E-state index in [1.54, 1.807) is 7.05 Å². The van der Waals surface area contributed by atoms with Crippen molar-refractivity contribution in [3.8, 4) is 0 Å². The molecule has 0 aromatic heterocycles. The number of hydrogen-bond donors (Lipinski definition) is 2. The molecule has 0 saturated carbocycles. The highest BCUT2D eigenvalue weighted by atomic mass is 16.2. The molecule has 15 heavy (non-hydrogen) atoms. The van der Waals surface area contributed by atoms with Gasteiger partial charge < -0.3 is 10.6 Å². The van der Waals surface area contributed by atoms with Crippen molar-refractivity contribution in [1.29, 1.82) is 0 Å². The third-order valence-electron chi connectivity index (χ3n) is 2.76. The van der Waals surface area contributed by atoms with E-state index in [0.29, 0.717) is 6.04 Å². The van der Waals surface area contributed by atoms with Crippen LogP contribution in [-0.4, -0.2) is 24.5 Å². The van der Waals surface area contributed by atoms with Gasteiger partial charge in [-0.15, -0.1) is 0 Å². The highest BCUT2D eigenvalue weighted by Gasteiger charge is 2.32. The molecule has 3 heteroatoms. The van der Waals surface area contributed by atoms with Crippen LogP contribution in [0.3, 0.4) is 0 Å². The summed E-state index contributed by atoms with van der Waals surface area (Å²) >= 11 is 0. The first-order valence-corrected chi connectivity index (χ1v) is 6.00. The number of rotatable bonds is 7. The maximum atomic E-state index is 11.8. The Morgan fingerprint density at radius 1 is 1.33 bits per heavy atom. The number of likely N-dealkylation sites (N-methyl/N-ethyl adjacent to an activating group) is 1. The number of carbonyl (C=O) groups excluding carboxylic acids is 1. The summed E-state index contributed by atoms with van der Waals surface area (Å²) in [6, 6.07) is 0.392. The highest BCUT2D eigenvalue weighted by molar-refractivity contribution is 5.85. The second-order valence-electron chi connectivity index (χ2n) is 4.50. The van der Waals surface area contributed by atoms with Gasteiger partial charge in [-0.25, -0.2) is 0 Å². The van der Waals surface area contributed by atoms with Gasteiger partial charge in [-0.05, 0) is 26.7 Å². The zero-order valence-corrected chi connectivity index (χ0v) is 10.8. The molecule has 0 radical (unpaired) electrons. The normalized spacial score (nSPS) is 16.9. The van der Waals surface area contributed by atoms with E-state index in [-0.39, 0.29) is 5.91 Å². The summed E-state index contributed by atoms with van der Waals surface area (Å²) in [6.07, 6.45) is 4.14. The lowest BCUT2D eigenvalue weighted by atomic mass is 9.93. The van der Waals surface area contributed by atoms with Crippen LogP contribution in [0.2, 0.25) is 0 Å². The first-order valence-electron chi connectivity index (χ1n) is 6.00. The molecule has 2 atom stereocenters. The number of carbonyl (C=O) groups is 1. The van der Waals surface area contributed by atoms with Gasteiger partial charge in [0, 0.05) is 13.1 Å². The Hall–Kier alpha value is -0.570. The van der Waals surface area contributed by atoms with Gasteiger partial charge in [-0.2, -0.15) is 0 Å². The van der Waals surface area contributed by atoms with Gasteiger partial charge in [0.2, 0.25) is 5.91 Å². The molecule has 0 aliphatic rings. The van der Waals surface area contributed by atoms with E-state index in [0.717, 1.165) is 25.7 Å². The van der Waals surface area contributed by atoms with Crippen LogP contribution in [0.15, 0.2) is 0 Å². The molecule has 0 aliphatic heterocycles. The summed E-state index contributed by atoms with van der Waals surface area (Å²) in [5, 5.41) is 6.17. The van der Waals surface area contributed by atoms with Gasteiger partial charge in [0.25, 0.3) is 0 Å². The molecule has 0 spiro atoms. The predicted molar refractivity (Wildman–Crippen MR) is 64.9 cm³/mol. The molecular weight excluding hydrogens is 188 g/mol. The Labute approximate surface area is 94.0 Å². The second kappa shape index (κ2) is 6.83. The lowest BCUT2D eigenvalue weighted by molar-refractivity contribution is -0.127. The van der Waals surface area contributed by atoms with Crippen LogP contribution in [0.25, 0.3) is 0 Å². The lowest BCUT2D eigenvalue weighted by Gasteiger charge is -2.32. The third-order valence-corrected chi connectivity index (χ3v) is 2.76. The standard InChI is InChI=1S/C12H26N2O/c1-6-8-10(3)14-12(4,9-7-2)11(15)13-5/h10,14H,6-9H2,1-5H3,(H,13,15). The molecule has 0 aliphatic carbocycles. The summed E-state index contributed by atoms with van der Waals surface area (Å²) in [4.78, 5) is 11.8. The van der Waals surface area contributed by atoms with Crippen LogP contribution in [0.4, 0.5) is 0 Å². The first kappa shape index (κ1) is 14.4. The van der Waals surface area contributed by atoms with Gasteiger partial charge >= 0.3 is 0 Å². The fraction of sp³-hybridized carbons (Fsp3) is 0.917. The van der Waals surface area contributed by atoms with E-state index in [1.165, 1.54) is 0 Å². The van der Waals surface area contributed by atoms with Gasteiger partial charge in [0.05, 0.1) is 5.54 Å². The molecule has 2 N–H and O–H groups in total. The smallest absolute Gasteiger partial charge is 0.239 e. The van der Waals surface area contributed by atoms with Crippen molar-refractivity contribution in [3.05, 3.63) is 0 Å². The monoisotopic (exact) mass is 214 g/mol. The Bertz CT molecular complexity index is 194. The molecule has 0 aromatic rings. The van der Waals surface area contributed by atoms with E-state index in [2.05, 4.69) is 31.4 Å². The van der Waals surface area contributed by atoms with Crippen molar-refractivity contribution in [2.24, 2.45) is 0 Å². The molecule has 3 nitrogen and oxygen atoms in total. The minimum absolute atomic E-state index is 0.0901. The van der Waals surface area contributed by atoms with E-state index in [9.17, 15) is 4.79 Å². The van der Waals surface area contributed by atoms with Gasteiger partial charge in [-0.3, -0.25) is 4.79 Å². The van der Waals surface area contributed by atoms with E-state index >= 15 is 0 Å². The third kappa shape index (κ3) is 4.65. The number of hydrogen-bond acceptors (Lipinski definition) is 2. The molecule has 2 unspecified atom stereocenters. The van der Waals surface area contributed by atoms with Gasteiger partial charge in [0.1, 0.15) is 0 Å². The molecule has 0 bridgehead atoms. The summed E-state index contributed by atoms with van der Waals surface area (Å²) in [6.45, 7) is 8.39. The van der Waals surface area contributed by atoms with Crippen LogP contribution >= 0.6 is 0 Å². The molecule has 90 valence electrons. The summed E-state index contributed by atoms with van der Waals surface area (Å²) in [5.74, 6) is 0.0901. The molecule has 0 rings (SSSR count). The van der Waals surface area contributed by atoms with E-state index in [1.807, 2.05) is 6.92 Å². The molecule has 0 fully saturated rings. The Morgan fingerprint density at radius 2 is 1.93 bits per heavy atom. The zero-order chi connectivity index (χ0) is 11.9. The Balaban J connectivity index is 4.42. The fourth-order valence-electron chi connectivity index (χ4n) is 2.08. The van der Waals surface area contributed by atoms with Crippen molar-refractivity contribution in [2.75, 3.05) is 7.05 Å². The zero-order valence-electron chi connectivity index (χ0n) is 10.8. The Kier molecular flexibility index (Phi) is 6.57. The van der Waals surface area contributed by atoms with E-state index < -0.39 is 5.54 Å². The summed E-state index contributed by atoms with van der Waals surface area (Å²) in [5.41, 5.74) is -0.419. The Morgan fingerprint density at radius 3 is 2.33 bits per heavy atom. The van der Waals surface area contributed by atoms with Crippen molar-refractivity contribution in [2.45, 2.75) is 65.0 Å². The molecular formula is C12H26N2O. The molecule has 0 aromatic carbocycles. The van der Waals surface area contributed by atoms with Crippen LogP contribution in [0, 0.1) is 0 Å². The minimum Gasteiger partial charge on any atom is -0.358 e. The van der Waals surface area contributed by atoms with Crippen molar-refractivity contribution < 1.29 is 4.79 Å². The summed E-state index contributed by atoms with van der Waals surface area (Å²) < 4.78 is 0. The number of nitrogens with one attached hydrogen (secondary N) is 2. The topological polar surface area (TPSA) is 41.1 Å². The van der Waals surface area contributed by atoms with Crippen molar-refractivity contribution in [1.82, 2.24) is 10.6 Å². The van der Waals surface area contributed by atoms with Crippen molar-refractivity contribution >= 4 is 5.91 Å². The second-order valence-corrected chi connectivity index (χ2v) is 4.50. The van der Waals surface area contributed by atoms with Crippen LogP contribution in [-0.2, 0) is 4.79 Å². The van der Waals surface area contributed by atoms with E-state index in [4.69, 9.17) is 0 Å². The van der Waals surface area contributed by atoms with Crippen LogP contribution in [0.1, 0.15) is 53.4 Å². The summed E-state index contributed by atoms with van der Waals surface area (Å²) in [7, 11) is 1.70. The maximum absolute atomic E-state index is 11.8. The lowest BCUT2D eigenvalue weighted by Crippen LogP contribution is -2.56. The average molecular weight is 214 g/mol. The van der Waals surface area contributed by atoms with Gasteiger partial charge in [0.15, 0.2) is 0 Å². The maximum Gasteiger partial charge on any atom is 0.239 e. The first-order chi connectivity index (χ1) is 7.00. The fourth-order valence-corrected chi connectivity index (χ4v) is 2.08. The minimum atomic E-state index is -0.419. The van der Waals surface area contributed by atoms with Crippen molar-refractivity contribution in [3.63, 3.8) is 0 Å².